The van der Waals surface area contributed by atoms with Crippen molar-refractivity contribution in [2.75, 3.05) is 0 Å². The molecule has 30 heavy (non-hydrogen) atoms. The minimum Gasteiger partial charge on any atom is -0.222 e. The predicted octanol–water partition coefficient (Wildman–Crippen LogP) is 6.49. The van der Waals surface area contributed by atoms with Crippen molar-refractivity contribution >= 4 is 12.2 Å². The Morgan fingerprint density at radius 2 is 0.533 bits per heavy atom. The molecule has 0 amide bonds. The van der Waals surface area contributed by atoms with Gasteiger partial charge in [-0.15, -0.1) is 0 Å². The lowest BCUT2D eigenvalue weighted by Gasteiger charge is -2.07. The largest absolute Gasteiger partial charge is 0.231 e. The summed E-state index contributed by atoms with van der Waals surface area (Å²) < 4.78 is 0. The summed E-state index contributed by atoms with van der Waals surface area (Å²) in [7, 11) is 0. The second kappa shape index (κ2) is 12.2. The molecule has 0 unspecified atom stereocenters. The first-order chi connectivity index (χ1) is 14.7. The van der Waals surface area contributed by atoms with Crippen LogP contribution in [0.4, 0.5) is 0 Å². The molecule has 0 saturated heterocycles. The van der Waals surface area contributed by atoms with Crippen molar-refractivity contribution in [3.8, 4) is 33.4 Å². The molecule has 4 aromatic carbocycles. The maximum Gasteiger partial charge on any atom is 0.231 e. The van der Waals surface area contributed by atoms with Gasteiger partial charge in [-0.25, -0.2) is 20.4 Å². The van der Waals surface area contributed by atoms with Crippen LogP contribution in [0.3, 0.4) is 0 Å². The summed E-state index contributed by atoms with van der Waals surface area (Å²) in [6, 6.07) is 38.5. The van der Waals surface area contributed by atoms with Crippen LogP contribution in [0, 0.1) is 10.8 Å². The van der Waals surface area contributed by atoms with Crippen LogP contribution in [0.15, 0.2) is 109 Å². The fourth-order valence-corrected chi connectivity index (χ4v) is 2.97. The van der Waals surface area contributed by atoms with Gasteiger partial charge in [0.2, 0.25) is 12.2 Å². The molecule has 0 atom stereocenters. The lowest BCUT2D eigenvalue weighted by atomic mass is 9.98. The Morgan fingerprint density at radius 1 is 0.367 bits per heavy atom. The summed E-state index contributed by atoms with van der Waals surface area (Å²) in [6.07, 6.45) is 1.50. The van der Waals surface area contributed by atoms with Gasteiger partial charge in [-0.05, 0) is 33.4 Å². The predicted molar refractivity (Wildman–Crippen MR) is 120 cm³/mol. The van der Waals surface area contributed by atoms with E-state index < -0.39 is 0 Å². The van der Waals surface area contributed by atoms with Crippen LogP contribution in [0.5, 0.6) is 0 Å². The minimum atomic E-state index is 0.750. The molecule has 0 saturated carbocycles. The van der Waals surface area contributed by atoms with Gasteiger partial charge in [0, 0.05) is 0 Å². The Kier molecular flexibility index (Phi) is 8.90. The van der Waals surface area contributed by atoms with E-state index >= 15 is 0 Å². The molecule has 2 N–H and O–H groups in total. The van der Waals surface area contributed by atoms with E-state index in [1.165, 1.54) is 33.4 Å². The topological polar surface area (TPSA) is 81.8 Å². The molecule has 0 fully saturated rings. The quantitative estimate of drug-likeness (QED) is 0.309. The number of hydrogen-bond donors (Lipinski definition) is 2. The molecule has 0 aliphatic carbocycles. The molecule has 0 heterocycles. The van der Waals surface area contributed by atoms with Crippen LogP contribution in [0.1, 0.15) is 0 Å². The van der Waals surface area contributed by atoms with E-state index in [-0.39, 0.29) is 0 Å². The summed E-state index contributed by atoms with van der Waals surface area (Å²) in [5.74, 6) is 0. The van der Waals surface area contributed by atoms with Gasteiger partial charge in [0.05, 0.1) is 0 Å². The third-order valence-electron chi connectivity index (χ3n) is 4.32. The van der Waals surface area contributed by atoms with Crippen LogP contribution in [-0.2, 0) is 9.59 Å². The summed E-state index contributed by atoms with van der Waals surface area (Å²) in [4.78, 5) is 16.7. The van der Waals surface area contributed by atoms with Crippen LogP contribution < -0.4 is 0 Å². The molecule has 146 valence electrons. The SMILES string of the molecule is N=C=O.N=C=O.c1ccc(-c2ccc(-c3ccc(-c4ccccc4)cc3)cc2)cc1. The molecule has 0 spiro atoms. The Morgan fingerprint density at radius 3 is 0.733 bits per heavy atom. The third kappa shape index (κ3) is 6.36. The van der Waals surface area contributed by atoms with Gasteiger partial charge in [0.15, 0.2) is 0 Å². The molecule has 4 nitrogen and oxygen atoms in total. The highest BCUT2D eigenvalue weighted by atomic mass is 16.1. The first-order valence-corrected chi connectivity index (χ1v) is 9.12. The monoisotopic (exact) mass is 392 g/mol. The average Bonchev–Trinajstić information content (AvgIpc) is 2.82. The van der Waals surface area contributed by atoms with Gasteiger partial charge in [-0.2, -0.15) is 0 Å². The summed E-state index contributed by atoms with van der Waals surface area (Å²) >= 11 is 0. The van der Waals surface area contributed by atoms with E-state index in [1.54, 1.807) is 0 Å². The van der Waals surface area contributed by atoms with Gasteiger partial charge in [0.25, 0.3) is 0 Å². The summed E-state index contributed by atoms with van der Waals surface area (Å²) in [5, 5.41) is 10.8. The Labute approximate surface area is 175 Å². The van der Waals surface area contributed by atoms with E-state index in [9.17, 15) is 0 Å². The highest BCUT2D eigenvalue weighted by Crippen LogP contribution is 2.27. The fourth-order valence-electron chi connectivity index (χ4n) is 2.97. The van der Waals surface area contributed by atoms with Crippen molar-refractivity contribution in [3.05, 3.63) is 109 Å². The van der Waals surface area contributed by atoms with E-state index in [2.05, 4.69) is 97.1 Å². The minimum absolute atomic E-state index is 0.750. The highest BCUT2D eigenvalue weighted by molar-refractivity contribution is 5.73. The number of rotatable bonds is 3. The normalized spacial score (nSPS) is 8.93. The second-order valence-electron chi connectivity index (χ2n) is 6.09. The van der Waals surface area contributed by atoms with Crippen LogP contribution in [-0.4, -0.2) is 12.2 Å². The molecule has 0 aliphatic heterocycles. The first-order valence-electron chi connectivity index (χ1n) is 9.12. The standard InChI is InChI=1S/C24H18.2CHNO/c1-3-7-19(8-4-1)21-11-15-23(16-12-21)24-17-13-22(14-18-24)20-9-5-2-6-10-20;2*2-1-3/h1-18H;2*2H. The van der Waals surface area contributed by atoms with Crippen molar-refractivity contribution in [1.82, 2.24) is 0 Å². The summed E-state index contributed by atoms with van der Waals surface area (Å²) in [5.41, 5.74) is 7.50. The molecular weight excluding hydrogens is 372 g/mol. The lowest BCUT2D eigenvalue weighted by molar-refractivity contribution is 0.562. The Hall–Kier alpha value is -4.36. The van der Waals surface area contributed by atoms with Gasteiger partial charge in [0.1, 0.15) is 0 Å². The van der Waals surface area contributed by atoms with Crippen LogP contribution >= 0.6 is 0 Å². The Bertz CT molecular complexity index is 1000. The van der Waals surface area contributed by atoms with Gasteiger partial charge in [-0.1, -0.05) is 109 Å². The Balaban J connectivity index is 0.000000480. The molecule has 4 aromatic rings. The molecule has 0 bridgehead atoms. The molecule has 0 aliphatic rings. The maximum atomic E-state index is 8.35. The van der Waals surface area contributed by atoms with Crippen LogP contribution in [0.2, 0.25) is 0 Å². The van der Waals surface area contributed by atoms with E-state index in [0.717, 1.165) is 12.2 Å². The maximum absolute atomic E-state index is 8.35. The van der Waals surface area contributed by atoms with Crippen molar-refractivity contribution < 1.29 is 9.59 Å². The number of carbonyl (C=O) groups excluding carboxylic acids is 2. The first kappa shape index (κ1) is 21.9. The zero-order chi connectivity index (χ0) is 21.6. The average molecular weight is 392 g/mol. The molecule has 0 aromatic heterocycles. The lowest BCUT2D eigenvalue weighted by Crippen LogP contribution is -1.81. The number of benzene rings is 4. The van der Waals surface area contributed by atoms with Gasteiger partial charge >= 0.3 is 0 Å². The van der Waals surface area contributed by atoms with E-state index in [4.69, 9.17) is 20.4 Å². The van der Waals surface area contributed by atoms with Gasteiger partial charge < -0.3 is 0 Å². The van der Waals surface area contributed by atoms with E-state index in [1.807, 2.05) is 12.1 Å². The number of hydrogen-bond acceptors (Lipinski definition) is 4. The number of nitrogens with one attached hydrogen (secondary N) is 2. The molecule has 0 radical (unpaired) electrons. The zero-order valence-corrected chi connectivity index (χ0v) is 16.2. The number of isocyanates is 2. The van der Waals surface area contributed by atoms with Crippen molar-refractivity contribution in [2.45, 2.75) is 0 Å². The second-order valence-corrected chi connectivity index (χ2v) is 6.09. The smallest absolute Gasteiger partial charge is 0.222 e. The van der Waals surface area contributed by atoms with E-state index in [0.29, 0.717) is 0 Å². The van der Waals surface area contributed by atoms with Crippen molar-refractivity contribution in [2.24, 2.45) is 0 Å². The van der Waals surface area contributed by atoms with Gasteiger partial charge in [-0.3, -0.25) is 0 Å². The summed E-state index contributed by atoms with van der Waals surface area (Å²) in [6.45, 7) is 0. The highest BCUT2D eigenvalue weighted by Gasteiger charge is 2.01. The van der Waals surface area contributed by atoms with Crippen molar-refractivity contribution in [1.29, 1.82) is 10.8 Å². The van der Waals surface area contributed by atoms with Crippen molar-refractivity contribution in [3.63, 3.8) is 0 Å². The molecule has 4 rings (SSSR count). The zero-order valence-electron chi connectivity index (χ0n) is 16.2. The third-order valence-corrected chi connectivity index (χ3v) is 4.32. The fraction of sp³-hybridized carbons (Fsp3) is 0. The van der Waals surface area contributed by atoms with Crippen LogP contribution in [0.25, 0.3) is 33.4 Å². The molecule has 4 heteroatoms. The molecular formula is C26H20N2O2.